The van der Waals surface area contributed by atoms with Gasteiger partial charge in [-0.15, -0.1) is 0 Å². The molecule has 5 aliphatic carbocycles. The third-order valence-corrected chi connectivity index (χ3v) is 5.44. The lowest BCUT2D eigenvalue weighted by Crippen LogP contribution is -2.47. The largest absolute Gasteiger partial charge is 0.369 e. The average molecular weight is 177 g/mol. The van der Waals surface area contributed by atoms with E-state index in [-0.39, 0.29) is 11.3 Å². The summed E-state index contributed by atoms with van der Waals surface area (Å²) in [4.78, 5) is 11.5. The first-order chi connectivity index (χ1) is 6.21. The van der Waals surface area contributed by atoms with E-state index in [1.54, 1.807) is 0 Å². The highest BCUT2D eigenvalue weighted by molar-refractivity contribution is 5.81. The van der Waals surface area contributed by atoms with Crippen LogP contribution >= 0.6 is 0 Å². The van der Waals surface area contributed by atoms with Gasteiger partial charge in [0.2, 0.25) is 5.91 Å². The van der Waals surface area contributed by atoms with E-state index in [2.05, 4.69) is 0 Å². The fraction of sp³-hybridized carbons (Fsp3) is 0.909. The monoisotopic (exact) mass is 177 g/mol. The first-order valence-electron chi connectivity index (χ1n) is 5.51. The summed E-state index contributed by atoms with van der Waals surface area (Å²) in [5.41, 5.74) is 5.52. The van der Waals surface area contributed by atoms with E-state index in [1.165, 1.54) is 6.42 Å². The van der Waals surface area contributed by atoms with E-state index in [1.807, 2.05) is 0 Å². The molecule has 0 aromatic heterocycles. The van der Waals surface area contributed by atoms with Crippen molar-refractivity contribution < 1.29 is 4.79 Å². The van der Waals surface area contributed by atoms with Gasteiger partial charge in [-0.25, -0.2) is 0 Å². The molecule has 5 rings (SSSR count). The second kappa shape index (κ2) is 1.67. The number of hydrogen-bond donors (Lipinski definition) is 1. The van der Waals surface area contributed by atoms with Gasteiger partial charge in [0.1, 0.15) is 0 Å². The van der Waals surface area contributed by atoms with Crippen LogP contribution in [0.2, 0.25) is 0 Å². The minimum Gasteiger partial charge on any atom is -0.369 e. The van der Waals surface area contributed by atoms with Crippen molar-refractivity contribution in [2.24, 2.45) is 40.7 Å². The molecule has 0 saturated heterocycles. The van der Waals surface area contributed by atoms with Crippen molar-refractivity contribution in [3.63, 3.8) is 0 Å². The van der Waals surface area contributed by atoms with Crippen LogP contribution in [0.4, 0.5) is 0 Å². The van der Waals surface area contributed by atoms with Crippen LogP contribution in [0.25, 0.3) is 0 Å². The van der Waals surface area contributed by atoms with Crippen LogP contribution in [0.5, 0.6) is 0 Å². The Kier molecular flexibility index (Phi) is 0.879. The van der Waals surface area contributed by atoms with Gasteiger partial charge in [0.05, 0.1) is 0 Å². The van der Waals surface area contributed by atoms with Gasteiger partial charge in [0.25, 0.3) is 0 Å². The molecule has 5 fully saturated rings. The van der Waals surface area contributed by atoms with Gasteiger partial charge in [-0.3, -0.25) is 4.79 Å². The number of nitrogens with two attached hydrogens (primary N) is 1. The van der Waals surface area contributed by atoms with Gasteiger partial charge in [0, 0.05) is 5.41 Å². The van der Waals surface area contributed by atoms with Crippen LogP contribution in [0.3, 0.4) is 0 Å². The molecule has 2 heteroatoms. The molecule has 1 amide bonds. The molecule has 0 heterocycles. The van der Waals surface area contributed by atoms with E-state index >= 15 is 0 Å². The molecule has 4 bridgehead atoms. The van der Waals surface area contributed by atoms with Crippen LogP contribution in [-0.2, 0) is 4.79 Å². The predicted molar refractivity (Wildman–Crippen MR) is 47.5 cm³/mol. The zero-order valence-electron chi connectivity index (χ0n) is 7.70. The fourth-order valence-corrected chi connectivity index (χ4v) is 5.18. The SMILES string of the molecule is NC(=O)C12CC3[C@@H]4[C@H](C[C@@H](C1)[C@@H]34)C2. The number of primary amides is 1. The minimum atomic E-state index is -0.0399. The summed E-state index contributed by atoms with van der Waals surface area (Å²) in [6, 6.07) is 0. The van der Waals surface area contributed by atoms with Crippen molar-refractivity contribution in [3.8, 4) is 0 Å². The summed E-state index contributed by atoms with van der Waals surface area (Å²) in [7, 11) is 0. The smallest absolute Gasteiger partial charge is 0.223 e. The normalized spacial score (nSPS) is 65.4. The van der Waals surface area contributed by atoms with E-state index < -0.39 is 0 Å². The van der Waals surface area contributed by atoms with Crippen LogP contribution in [-0.4, -0.2) is 5.91 Å². The molecule has 2 unspecified atom stereocenters. The van der Waals surface area contributed by atoms with Gasteiger partial charge in [-0.2, -0.15) is 0 Å². The number of hydrogen-bond acceptors (Lipinski definition) is 1. The summed E-state index contributed by atoms with van der Waals surface area (Å²) in [5, 5.41) is 0. The molecule has 0 aliphatic heterocycles. The Morgan fingerprint density at radius 2 is 1.77 bits per heavy atom. The molecule has 6 atom stereocenters. The molecule has 2 N–H and O–H groups in total. The van der Waals surface area contributed by atoms with Crippen molar-refractivity contribution in [2.75, 3.05) is 0 Å². The molecule has 70 valence electrons. The third kappa shape index (κ3) is 0.570. The Morgan fingerprint density at radius 1 is 1.15 bits per heavy atom. The Hall–Kier alpha value is -0.530. The van der Waals surface area contributed by atoms with E-state index in [0.717, 1.165) is 48.9 Å². The molecular formula is C11H15NO. The van der Waals surface area contributed by atoms with Crippen LogP contribution in [0.15, 0.2) is 0 Å². The summed E-state index contributed by atoms with van der Waals surface area (Å²) in [5.74, 6) is 4.75. The summed E-state index contributed by atoms with van der Waals surface area (Å²) in [6.07, 6.45) is 4.83. The van der Waals surface area contributed by atoms with Gasteiger partial charge in [-0.05, 0) is 55.3 Å². The summed E-state index contributed by atoms with van der Waals surface area (Å²) >= 11 is 0. The lowest BCUT2D eigenvalue weighted by Gasteiger charge is -2.46. The molecular weight excluding hydrogens is 162 g/mol. The summed E-state index contributed by atoms with van der Waals surface area (Å²) in [6.45, 7) is 0. The predicted octanol–water partition coefficient (Wildman–Crippen LogP) is 1.15. The summed E-state index contributed by atoms with van der Waals surface area (Å²) < 4.78 is 0. The minimum absolute atomic E-state index is 0.00556. The number of carbonyl (C=O) groups excluding carboxylic acids is 1. The molecule has 2 nitrogen and oxygen atoms in total. The van der Waals surface area contributed by atoms with Crippen LogP contribution in [0.1, 0.15) is 25.7 Å². The third-order valence-electron chi connectivity index (χ3n) is 5.44. The average Bonchev–Trinajstić information content (AvgIpc) is 2.71. The number of carbonyl (C=O) groups is 1. The van der Waals surface area contributed by atoms with E-state index in [4.69, 9.17) is 5.73 Å². The van der Waals surface area contributed by atoms with Crippen molar-refractivity contribution >= 4 is 5.91 Å². The molecule has 0 spiro atoms. The molecule has 0 aromatic carbocycles. The molecule has 0 radical (unpaired) electrons. The molecule has 13 heavy (non-hydrogen) atoms. The highest BCUT2D eigenvalue weighted by atomic mass is 16.1. The van der Waals surface area contributed by atoms with E-state index in [9.17, 15) is 4.79 Å². The standard InChI is InChI=1S/C11H15NO/c12-10(13)11-2-5-1-6(3-11)9-7(4-11)8(5)9/h5-9H,1-4H2,(H2,12,13)/t5-,6+,7?,8-,9-,11?/m0/s1. The first-order valence-corrected chi connectivity index (χ1v) is 5.51. The van der Waals surface area contributed by atoms with Crippen molar-refractivity contribution in [1.82, 2.24) is 0 Å². The highest BCUT2D eigenvalue weighted by Crippen LogP contribution is 2.77. The maximum atomic E-state index is 11.5. The Labute approximate surface area is 77.9 Å². The lowest BCUT2D eigenvalue weighted by molar-refractivity contribution is -0.135. The Bertz CT molecular complexity index is 293. The van der Waals surface area contributed by atoms with Crippen molar-refractivity contribution in [3.05, 3.63) is 0 Å². The second-order valence-corrected chi connectivity index (χ2v) is 5.83. The van der Waals surface area contributed by atoms with Crippen molar-refractivity contribution in [1.29, 1.82) is 0 Å². The number of amides is 1. The fourth-order valence-electron chi connectivity index (χ4n) is 5.18. The molecule has 5 aliphatic rings. The topological polar surface area (TPSA) is 43.1 Å². The zero-order chi connectivity index (χ0) is 8.79. The van der Waals surface area contributed by atoms with Gasteiger partial charge in [-0.1, -0.05) is 0 Å². The van der Waals surface area contributed by atoms with Gasteiger partial charge < -0.3 is 5.73 Å². The van der Waals surface area contributed by atoms with Gasteiger partial charge >= 0.3 is 0 Å². The van der Waals surface area contributed by atoms with Gasteiger partial charge in [0.15, 0.2) is 0 Å². The molecule has 5 saturated carbocycles. The Morgan fingerprint density at radius 3 is 2.23 bits per heavy atom. The lowest BCUT2D eigenvalue weighted by atomic mass is 9.58. The van der Waals surface area contributed by atoms with Crippen LogP contribution < -0.4 is 5.73 Å². The maximum absolute atomic E-state index is 11.5. The first kappa shape index (κ1) is 6.86. The quantitative estimate of drug-likeness (QED) is 0.641. The Balaban J connectivity index is 1.81. The second-order valence-electron chi connectivity index (χ2n) is 5.83. The maximum Gasteiger partial charge on any atom is 0.223 e. The van der Waals surface area contributed by atoms with E-state index in [0.29, 0.717) is 0 Å². The number of rotatable bonds is 1. The molecule has 0 aromatic rings. The zero-order valence-corrected chi connectivity index (χ0v) is 7.70. The van der Waals surface area contributed by atoms with Crippen LogP contribution in [0, 0.1) is 35.0 Å². The van der Waals surface area contributed by atoms with Crippen molar-refractivity contribution in [2.45, 2.75) is 25.7 Å². The highest BCUT2D eigenvalue weighted by Gasteiger charge is 2.73.